The van der Waals surface area contributed by atoms with Gasteiger partial charge >= 0.3 is 0 Å². The summed E-state index contributed by atoms with van der Waals surface area (Å²) in [6.45, 7) is 5.86. The van der Waals surface area contributed by atoms with Crippen LogP contribution in [0.4, 0.5) is 5.69 Å². The van der Waals surface area contributed by atoms with Crippen LogP contribution in [0.25, 0.3) is 17.3 Å². The third-order valence-corrected chi connectivity index (χ3v) is 4.63. The average molecular weight is 391 g/mol. The van der Waals surface area contributed by atoms with E-state index >= 15 is 0 Å². The van der Waals surface area contributed by atoms with Crippen molar-refractivity contribution in [1.82, 2.24) is 10.2 Å². The van der Waals surface area contributed by atoms with Crippen LogP contribution in [0.5, 0.6) is 0 Å². The first-order chi connectivity index (χ1) is 13.4. The van der Waals surface area contributed by atoms with Gasteiger partial charge in [-0.25, -0.2) is 0 Å². The van der Waals surface area contributed by atoms with Crippen LogP contribution in [0.1, 0.15) is 22.3 Å². The fourth-order valence-electron chi connectivity index (χ4n) is 3.11. The largest absolute Gasteiger partial charge is 0.321 e. The van der Waals surface area contributed by atoms with Gasteiger partial charge in [0.1, 0.15) is 11.6 Å². The van der Waals surface area contributed by atoms with Crippen molar-refractivity contribution in [1.29, 1.82) is 5.26 Å². The predicted octanol–water partition coefficient (Wildman–Crippen LogP) is 5.20. The summed E-state index contributed by atoms with van der Waals surface area (Å²) in [6.07, 6.45) is 3.11. The average Bonchev–Trinajstić information content (AvgIpc) is 3.11. The van der Waals surface area contributed by atoms with E-state index in [0.29, 0.717) is 16.3 Å². The molecule has 0 aliphatic rings. The van der Waals surface area contributed by atoms with Gasteiger partial charge in [0, 0.05) is 21.8 Å². The van der Waals surface area contributed by atoms with Gasteiger partial charge in [-0.1, -0.05) is 41.4 Å². The minimum absolute atomic E-state index is 0.00371. The van der Waals surface area contributed by atoms with Crippen molar-refractivity contribution in [3.05, 3.63) is 75.4 Å². The third-order valence-electron chi connectivity index (χ3n) is 4.38. The molecule has 6 heteroatoms. The highest BCUT2D eigenvalue weighted by Crippen LogP contribution is 2.26. The van der Waals surface area contributed by atoms with Gasteiger partial charge in [-0.05, 0) is 50.1 Å². The van der Waals surface area contributed by atoms with Crippen molar-refractivity contribution in [2.24, 2.45) is 0 Å². The van der Waals surface area contributed by atoms with Crippen LogP contribution in [-0.4, -0.2) is 16.1 Å². The summed E-state index contributed by atoms with van der Waals surface area (Å²) >= 11 is 5.94. The number of carbonyl (C=O) groups excluding carboxylic acids is 1. The molecule has 2 aromatic carbocycles. The molecular formula is C22H19ClN4O. The van der Waals surface area contributed by atoms with E-state index in [2.05, 4.69) is 15.5 Å². The minimum Gasteiger partial charge on any atom is -0.321 e. The van der Waals surface area contributed by atoms with E-state index in [1.54, 1.807) is 18.3 Å². The Morgan fingerprint density at radius 2 is 1.82 bits per heavy atom. The summed E-state index contributed by atoms with van der Waals surface area (Å²) in [6, 6.07) is 13.2. The SMILES string of the molecule is Cc1cc(C)c(NC(=O)/C(C#N)=C/c2cn[nH]c2-c2ccc(Cl)cc2)c(C)c1. The van der Waals surface area contributed by atoms with E-state index in [1.807, 2.05) is 51.1 Å². The Morgan fingerprint density at radius 3 is 2.43 bits per heavy atom. The van der Waals surface area contributed by atoms with E-state index < -0.39 is 5.91 Å². The maximum Gasteiger partial charge on any atom is 0.266 e. The molecule has 5 nitrogen and oxygen atoms in total. The number of carbonyl (C=O) groups is 1. The molecule has 0 atom stereocenters. The Bertz CT molecular complexity index is 1080. The number of amides is 1. The Kier molecular flexibility index (Phi) is 5.62. The number of aromatic nitrogens is 2. The monoisotopic (exact) mass is 390 g/mol. The van der Waals surface area contributed by atoms with Crippen molar-refractivity contribution in [3.8, 4) is 17.3 Å². The highest BCUT2D eigenvalue weighted by molar-refractivity contribution is 6.30. The molecule has 0 fully saturated rings. The molecule has 0 spiro atoms. The van der Waals surface area contributed by atoms with E-state index in [1.165, 1.54) is 6.08 Å². The lowest BCUT2D eigenvalue weighted by Gasteiger charge is -2.12. The number of rotatable bonds is 4. The molecule has 0 bridgehead atoms. The standard InChI is InChI=1S/C22H19ClN4O/c1-13-8-14(2)20(15(3)9-13)26-22(28)17(11-24)10-18-12-25-27-21(18)16-4-6-19(23)7-5-16/h4-10,12H,1-3H3,(H,25,27)(H,26,28)/b17-10+. The molecule has 0 unspecified atom stereocenters. The predicted molar refractivity (Wildman–Crippen MR) is 112 cm³/mol. The minimum atomic E-state index is -0.458. The van der Waals surface area contributed by atoms with Gasteiger partial charge in [0.2, 0.25) is 0 Å². The molecule has 1 aromatic heterocycles. The molecule has 3 aromatic rings. The second-order valence-electron chi connectivity index (χ2n) is 6.60. The van der Waals surface area contributed by atoms with Gasteiger partial charge in [0.05, 0.1) is 11.9 Å². The molecular weight excluding hydrogens is 372 g/mol. The number of aryl methyl sites for hydroxylation is 3. The molecule has 0 saturated carbocycles. The maximum absolute atomic E-state index is 12.7. The zero-order chi connectivity index (χ0) is 20.3. The van der Waals surface area contributed by atoms with Gasteiger partial charge in [-0.15, -0.1) is 0 Å². The summed E-state index contributed by atoms with van der Waals surface area (Å²) in [5, 5.41) is 20.0. The van der Waals surface area contributed by atoms with Crippen molar-refractivity contribution in [2.45, 2.75) is 20.8 Å². The van der Waals surface area contributed by atoms with Crippen molar-refractivity contribution < 1.29 is 4.79 Å². The molecule has 0 radical (unpaired) electrons. The highest BCUT2D eigenvalue weighted by Gasteiger charge is 2.15. The van der Waals surface area contributed by atoms with Gasteiger partial charge in [-0.3, -0.25) is 9.89 Å². The second kappa shape index (κ2) is 8.12. The van der Waals surface area contributed by atoms with E-state index in [-0.39, 0.29) is 5.57 Å². The van der Waals surface area contributed by atoms with E-state index in [0.717, 1.165) is 27.9 Å². The fraction of sp³-hybridized carbons (Fsp3) is 0.136. The molecule has 140 valence electrons. The lowest BCUT2D eigenvalue weighted by molar-refractivity contribution is -0.112. The van der Waals surface area contributed by atoms with Gasteiger partial charge < -0.3 is 5.32 Å². The highest BCUT2D eigenvalue weighted by atomic mass is 35.5. The Hall–Kier alpha value is -3.36. The molecule has 28 heavy (non-hydrogen) atoms. The number of aromatic amines is 1. The lowest BCUT2D eigenvalue weighted by Crippen LogP contribution is -2.15. The number of benzene rings is 2. The zero-order valence-electron chi connectivity index (χ0n) is 15.8. The molecule has 0 aliphatic heterocycles. The van der Waals surface area contributed by atoms with Crippen molar-refractivity contribution in [2.75, 3.05) is 5.32 Å². The first-order valence-corrected chi connectivity index (χ1v) is 9.07. The lowest BCUT2D eigenvalue weighted by atomic mass is 10.0. The number of hydrogen-bond donors (Lipinski definition) is 2. The smallest absolute Gasteiger partial charge is 0.266 e. The number of nitrogens with zero attached hydrogens (tertiary/aromatic N) is 2. The molecule has 1 heterocycles. The number of hydrogen-bond acceptors (Lipinski definition) is 3. The molecule has 2 N–H and O–H groups in total. The molecule has 3 rings (SSSR count). The zero-order valence-corrected chi connectivity index (χ0v) is 16.6. The van der Waals surface area contributed by atoms with Gasteiger partial charge in [0.15, 0.2) is 0 Å². The van der Waals surface area contributed by atoms with Crippen molar-refractivity contribution in [3.63, 3.8) is 0 Å². The Morgan fingerprint density at radius 1 is 1.18 bits per heavy atom. The molecule has 0 aliphatic carbocycles. The topological polar surface area (TPSA) is 81.6 Å². The Labute approximate surface area is 168 Å². The van der Waals surface area contributed by atoms with Gasteiger partial charge in [-0.2, -0.15) is 10.4 Å². The number of H-pyrrole nitrogens is 1. The summed E-state index contributed by atoms with van der Waals surface area (Å²) in [7, 11) is 0. The van der Waals surface area contributed by atoms with Crippen LogP contribution in [0.2, 0.25) is 5.02 Å². The van der Waals surface area contributed by atoms with Crippen LogP contribution >= 0.6 is 11.6 Å². The summed E-state index contributed by atoms with van der Waals surface area (Å²) in [5.41, 5.74) is 5.96. The van der Waals surface area contributed by atoms with Crippen LogP contribution in [-0.2, 0) is 4.79 Å². The number of anilines is 1. The maximum atomic E-state index is 12.7. The van der Waals surface area contributed by atoms with Crippen LogP contribution in [0, 0.1) is 32.1 Å². The summed E-state index contributed by atoms with van der Waals surface area (Å²) in [4.78, 5) is 12.7. The quantitative estimate of drug-likeness (QED) is 0.474. The van der Waals surface area contributed by atoms with Crippen molar-refractivity contribution >= 4 is 29.3 Å². The first kappa shape index (κ1) is 19.4. The fourth-order valence-corrected chi connectivity index (χ4v) is 3.24. The summed E-state index contributed by atoms with van der Waals surface area (Å²) in [5.74, 6) is -0.458. The summed E-state index contributed by atoms with van der Waals surface area (Å²) < 4.78 is 0. The second-order valence-corrected chi connectivity index (χ2v) is 7.04. The van der Waals surface area contributed by atoms with Crippen LogP contribution in [0.15, 0.2) is 48.2 Å². The van der Waals surface area contributed by atoms with E-state index in [9.17, 15) is 10.1 Å². The number of nitriles is 1. The molecule has 0 saturated heterocycles. The first-order valence-electron chi connectivity index (χ1n) is 8.69. The third kappa shape index (κ3) is 4.13. The number of nitrogens with one attached hydrogen (secondary N) is 2. The van der Waals surface area contributed by atoms with Crippen LogP contribution < -0.4 is 5.32 Å². The van der Waals surface area contributed by atoms with Crippen LogP contribution in [0.3, 0.4) is 0 Å². The normalized spacial score (nSPS) is 11.2. The Balaban J connectivity index is 1.92. The van der Waals surface area contributed by atoms with E-state index in [4.69, 9.17) is 11.6 Å². The molecule has 1 amide bonds. The van der Waals surface area contributed by atoms with Gasteiger partial charge in [0.25, 0.3) is 5.91 Å². The number of halogens is 1.